The van der Waals surface area contributed by atoms with Crippen LogP contribution in [0.4, 0.5) is 5.82 Å². The third-order valence-electron chi connectivity index (χ3n) is 2.62. The van der Waals surface area contributed by atoms with E-state index in [2.05, 4.69) is 4.98 Å². The van der Waals surface area contributed by atoms with Gasteiger partial charge in [-0.15, -0.1) is 0 Å². The van der Waals surface area contributed by atoms with Crippen molar-refractivity contribution in [3.05, 3.63) is 22.7 Å². The molecular weight excluding hydrogens is 339 g/mol. The van der Waals surface area contributed by atoms with Gasteiger partial charge in [-0.3, -0.25) is 9.13 Å². The van der Waals surface area contributed by atoms with Crippen LogP contribution < -0.4 is 11.4 Å². The molecule has 116 valence electrons. The zero-order valence-electron chi connectivity index (χ0n) is 10.2. The van der Waals surface area contributed by atoms with Crippen molar-refractivity contribution in [2.45, 2.75) is 25.0 Å². The second-order valence-electron chi connectivity index (χ2n) is 4.26. The molecule has 0 saturated carbocycles. The third kappa shape index (κ3) is 6.31. The third-order valence-corrected chi connectivity index (χ3v) is 3.10. The van der Waals surface area contributed by atoms with E-state index in [0.29, 0.717) is 0 Å². The number of aliphatic hydroxyl groups is 1. The summed E-state index contributed by atoms with van der Waals surface area (Å²) in [6.07, 6.45) is -2.68. The van der Waals surface area contributed by atoms with Crippen LogP contribution in [0.1, 0.15) is 12.6 Å². The first-order chi connectivity index (χ1) is 9.26. The van der Waals surface area contributed by atoms with Crippen LogP contribution in [0, 0.1) is 0 Å². The van der Waals surface area contributed by atoms with Gasteiger partial charge in [0.15, 0.2) is 12.6 Å². The number of hydrogen-bond acceptors (Lipinski definition) is 7. The summed E-state index contributed by atoms with van der Waals surface area (Å²) >= 11 is 0. The van der Waals surface area contributed by atoms with Gasteiger partial charge in [0.2, 0.25) is 0 Å². The number of nitrogens with zero attached hydrogens (tertiary/aromatic N) is 2. The molecule has 13 heteroatoms. The van der Waals surface area contributed by atoms with E-state index < -0.39 is 38.3 Å². The van der Waals surface area contributed by atoms with Crippen LogP contribution in [-0.4, -0.2) is 102 Å². The molecule has 1 aromatic heterocycles. The van der Waals surface area contributed by atoms with Crippen molar-refractivity contribution in [1.82, 2.24) is 9.55 Å². The van der Waals surface area contributed by atoms with Crippen LogP contribution in [0.15, 0.2) is 17.1 Å². The van der Waals surface area contributed by atoms with Gasteiger partial charge in [0.25, 0.3) is 0 Å². The van der Waals surface area contributed by atoms with Crippen molar-refractivity contribution < 1.29 is 28.9 Å². The van der Waals surface area contributed by atoms with E-state index in [-0.39, 0.29) is 71.4 Å². The maximum atomic E-state index is 11.6. The summed E-state index contributed by atoms with van der Waals surface area (Å²) in [4.78, 5) is 32.5. The molecule has 0 radical (unpaired) electrons. The Kier molecular flexibility index (Phi) is 9.56. The SMILES string of the molecule is Nc1ccn([C@H]2C[C@H](O)[C@@H](OCP(=O)(O)O)O2)c(=O)n1.[NaH].[NaH]. The summed E-state index contributed by atoms with van der Waals surface area (Å²) in [5, 5.41) is 9.70. The Bertz CT molecular complexity index is 595. The molecule has 5 N–H and O–H groups in total. The van der Waals surface area contributed by atoms with Crippen molar-refractivity contribution in [3.8, 4) is 0 Å². The van der Waals surface area contributed by atoms with Crippen LogP contribution in [-0.2, 0) is 14.0 Å². The molecule has 3 atom stereocenters. The number of aliphatic hydroxyl groups excluding tert-OH is 1. The summed E-state index contributed by atoms with van der Waals surface area (Å²) in [7, 11) is -4.36. The van der Waals surface area contributed by atoms with Gasteiger partial charge in [-0.25, -0.2) is 4.79 Å². The number of rotatable bonds is 4. The molecule has 0 aliphatic carbocycles. The summed E-state index contributed by atoms with van der Waals surface area (Å²) in [5.74, 6) is 0.0547. The van der Waals surface area contributed by atoms with Gasteiger partial charge in [-0.2, -0.15) is 4.98 Å². The van der Waals surface area contributed by atoms with Gasteiger partial charge in [0.1, 0.15) is 18.1 Å². The quantitative estimate of drug-likeness (QED) is 0.333. The first-order valence-corrected chi connectivity index (χ1v) is 7.40. The molecule has 1 saturated heterocycles. The topological polar surface area (TPSA) is 157 Å². The first-order valence-electron chi connectivity index (χ1n) is 5.60. The number of hydrogen-bond donors (Lipinski definition) is 4. The number of aromatic nitrogens is 2. The maximum absolute atomic E-state index is 11.6. The van der Waals surface area contributed by atoms with Gasteiger partial charge in [0.05, 0.1) is 0 Å². The molecule has 1 fully saturated rings. The van der Waals surface area contributed by atoms with Gasteiger partial charge < -0.3 is 30.1 Å². The fraction of sp³-hybridized carbons (Fsp3) is 0.556. The second kappa shape index (κ2) is 9.26. The average molecular weight is 355 g/mol. The van der Waals surface area contributed by atoms with Crippen molar-refractivity contribution >= 4 is 72.5 Å². The van der Waals surface area contributed by atoms with E-state index in [9.17, 15) is 14.5 Å². The minimum absolute atomic E-state index is 0. The normalized spacial score (nSPS) is 24.4. The summed E-state index contributed by atoms with van der Waals surface area (Å²) < 4.78 is 21.8. The molecule has 1 aromatic rings. The number of nitrogen functional groups attached to an aromatic ring is 1. The Morgan fingerprint density at radius 3 is 2.68 bits per heavy atom. The van der Waals surface area contributed by atoms with Gasteiger partial charge in [-0.05, 0) is 6.07 Å². The Balaban J connectivity index is 0.00000220. The molecule has 0 bridgehead atoms. The molecule has 0 amide bonds. The zero-order valence-corrected chi connectivity index (χ0v) is 11.1. The monoisotopic (exact) mass is 355 g/mol. The molecule has 10 nitrogen and oxygen atoms in total. The van der Waals surface area contributed by atoms with E-state index >= 15 is 0 Å². The molecule has 2 heterocycles. The van der Waals surface area contributed by atoms with Crippen molar-refractivity contribution in [3.63, 3.8) is 0 Å². The fourth-order valence-electron chi connectivity index (χ4n) is 1.76. The van der Waals surface area contributed by atoms with Crippen molar-refractivity contribution in [2.24, 2.45) is 0 Å². The summed E-state index contributed by atoms with van der Waals surface area (Å²) in [6.45, 7) is 0. The predicted molar refractivity (Wildman–Crippen MR) is 79.7 cm³/mol. The second-order valence-corrected chi connectivity index (χ2v) is 5.85. The molecule has 2 rings (SSSR count). The van der Waals surface area contributed by atoms with Crippen LogP contribution in [0.25, 0.3) is 0 Å². The Labute approximate surface area is 169 Å². The van der Waals surface area contributed by atoms with E-state index in [1.54, 1.807) is 0 Å². The molecule has 1 aliphatic rings. The van der Waals surface area contributed by atoms with Gasteiger partial charge in [-0.1, -0.05) is 0 Å². The standard InChI is InChI=1S/C9H14N3O7P.2Na.2H/c10-6-1-2-12(9(14)11-6)7-3-5(13)8(19-7)18-4-20(15,16)17;;;;/h1-2,5,7-8,13H,3-4H2,(H2,10,11,14)(H2,15,16,17);;;;/t5-,7+,8-;;;;/m0..../s1. The molecule has 0 aromatic carbocycles. The van der Waals surface area contributed by atoms with Gasteiger partial charge in [0, 0.05) is 12.6 Å². The van der Waals surface area contributed by atoms with E-state index in [1.165, 1.54) is 12.3 Å². The van der Waals surface area contributed by atoms with Crippen LogP contribution in [0.2, 0.25) is 0 Å². The van der Waals surface area contributed by atoms with Crippen molar-refractivity contribution in [1.29, 1.82) is 0 Å². The zero-order chi connectivity index (χ0) is 14.9. The average Bonchev–Trinajstić information content (AvgIpc) is 2.67. The summed E-state index contributed by atoms with van der Waals surface area (Å²) in [5.41, 5.74) is 4.70. The summed E-state index contributed by atoms with van der Waals surface area (Å²) in [6, 6.07) is 1.39. The Morgan fingerprint density at radius 2 is 2.14 bits per heavy atom. The fourth-order valence-corrected chi connectivity index (χ4v) is 2.10. The predicted octanol–water partition coefficient (Wildman–Crippen LogP) is -2.71. The van der Waals surface area contributed by atoms with Gasteiger partial charge >= 0.3 is 72.4 Å². The van der Waals surface area contributed by atoms with E-state index in [1.807, 2.05) is 0 Å². The molecule has 0 unspecified atom stereocenters. The molecule has 1 aliphatic heterocycles. The number of ether oxygens (including phenoxy) is 2. The Hall–Kier alpha value is 0.710. The van der Waals surface area contributed by atoms with Crippen LogP contribution >= 0.6 is 7.60 Å². The minimum atomic E-state index is -4.36. The van der Waals surface area contributed by atoms with Crippen LogP contribution in [0.3, 0.4) is 0 Å². The Morgan fingerprint density at radius 1 is 1.50 bits per heavy atom. The molecule has 22 heavy (non-hydrogen) atoms. The van der Waals surface area contributed by atoms with Crippen LogP contribution in [0.5, 0.6) is 0 Å². The first kappa shape index (κ1) is 22.7. The molecule has 0 spiro atoms. The van der Waals surface area contributed by atoms with E-state index in [4.69, 9.17) is 25.0 Å². The number of nitrogens with two attached hydrogens (primary N) is 1. The van der Waals surface area contributed by atoms with E-state index in [0.717, 1.165) is 4.57 Å². The molecular formula is C9H16N3Na2O7P. The van der Waals surface area contributed by atoms with Crippen molar-refractivity contribution in [2.75, 3.05) is 12.1 Å². The number of anilines is 1.